The quantitative estimate of drug-likeness (QED) is 0.753. The lowest BCUT2D eigenvalue weighted by atomic mass is 10.0. The summed E-state index contributed by atoms with van der Waals surface area (Å²) in [4.78, 5) is 11.5. The van der Waals surface area contributed by atoms with Crippen molar-refractivity contribution in [1.82, 2.24) is 0 Å². The van der Waals surface area contributed by atoms with E-state index >= 15 is 0 Å². The maximum absolute atomic E-state index is 12.4. The summed E-state index contributed by atoms with van der Waals surface area (Å²) >= 11 is 3.08. The Hall–Kier alpha value is -0.840. The molecule has 0 N–H and O–H groups in total. The van der Waals surface area contributed by atoms with Gasteiger partial charge in [-0.05, 0) is 24.6 Å². The Labute approximate surface area is 99.8 Å². The van der Waals surface area contributed by atoms with Crippen molar-refractivity contribution in [1.29, 1.82) is 0 Å². The van der Waals surface area contributed by atoms with Crippen LogP contribution in [0.4, 0.5) is 13.2 Å². The highest BCUT2D eigenvalue weighted by Gasteiger charge is 2.31. The monoisotopic (exact) mass is 294 g/mol. The van der Waals surface area contributed by atoms with Gasteiger partial charge in [0.2, 0.25) is 0 Å². The lowest BCUT2D eigenvalue weighted by molar-refractivity contribution is -0.137. The first-order chi connectivity index (χ1) is 7.36. The normalized spacial score (nSPS) is 11.6. The summed E-state index contributed by atoms with van der Waals surface area (Å²) in [5.74, 6) is -0.277. The van der Waals surface area contributed by atoms with Crippen molar-refractivity contribution in [3.63, 3.8) is 0 Å². The number of Topliss-reactive ketones (excluding diaryl/α,β-unsaturated/α-hetero) is 1. The number of carbonyl (C=O) groups excluding carboxylic acids is 1. The topological polar surface area (TPSA) is 17.1 Å². The molecule has 0 atom stereocenters. The Kier molecular flexibility index (Phi) is 4.13. The van der Waals surface area contributed by atoms with Crippen LogP contribution >= 0.6 is 15.9 Å². The van der Waals surface area contributed by atoms with E-state index in [1.54, 1.807) is 6.92 Å². The van der Waals surface area contributed by atoms with E-state index in [9.17, 15) is 18.0 Å². The van der Waals surface area contributed by atoms with Gasteiger partial charge in [-0.2, -0.15) is 13.2 Å². The molecule has 0 fully saturated rings. The van der Waals surface area contributed by atoms with E-state index in [2.05, 4.69) is 15.9 Å². The fourth-order valence-electron chi connectivity index (χ4n) is 1.28. The molecule has 0 aliphatic heterocycles. The molecule has 5 heteroatoms. The smallest absolute Gasteiger partial charge is 0.294 e. The lowest BCUT2D eigenvalue weighted by Crippen LogP contribution is -2.08. The number of alkyl halides is 3. The third-order valence-electron chi connectivity index (χ3n) is 2.07. The van der Waals surface area contributed by atoms with E-state index < -0.39 is 11.7 Å². The Bertz CT molecular complexity index is 399. The molecule has 0 radical (unpaired) electrons. The van der Waals surface area contributed by atoms with Crippen LogP contribution in [0, 0.1) is 0 Å². The largest absolute Gasteiger partial charge is 0.416 e. The van der Waals surface area contributed by atoms with Crippen molar-refractivity contribution in [2.45, 2.75) is 25.9 Å². The molecule has 0 aliphatic carbocycles. The first kappa shape index (κ1) is 13.2. The van der Waals surface area contributed by atoms with Gasteiger partial charge in [-0.3, -0.25) is 4.79 Å². The summed E-state index contributed by atoms with van der Waals surface area (Å²) in [6, 6.07) is 3.10. The van der Waals surface area contributed by atoms with E-state index in [0.717, 1.165) is 12.1 Å². The highest BCUT2D eigenvalue weighted by Crippen LogP contribution is 2.32. The molecule has 0 saturated carbocycles. The Balaban J connectivity index is 3.14. The average molecular weight is 295 g/mol. The summed E-state index contributed by atoms with van der Waals surface area (Å²) in [5.41, 5.74) is -0.702. The van der Waals surface area contributed by atoms with Crippen LogP contribution in [0.2, 0.25) is 0 Å². The van der Waals surface area contributed by atoms with Crippen molar-refractivity contribution in [2.24, 2.45) is 0 Å². The highest BCUT2D eigenvalue weighted by molar-refractivity contribution is 9.10. The number of hydrogen-bond donors (Lipinski definition) is 0. The third-order valence-corrected chi connectivity index (χ3v) is 2.76. The Morgan fingerprint density at radius 3 is 2.50 bits per heavy atom. The highest BCUT2D eigenvalue weighted by atomic mass is 79.9. The minimum absolute atomic E-state index is 0.0941. The van der Waals surface area contributed by atoms with Crippen molar-refractivity contribution >= 4 is 21.7 Å². The van der Waals surface area contributed by atoms with Crippen LogP contribution in [-0.2, 0) is 6.18 Å². The maximum Gasteiger partial charge on any atom is 0.416 e. The van der Waals surface area contributed by atoms with Gasteiger partial charge in [0, 0.05) is 16.5 Å². The SMILES string of the molecule is CCCC(=O)c1cc(C(F)(F)F)ccc1Br. The molecule has 0 saturated heterocycles. The Morgan fingerprint density at radius 2 is 2.00 bits per heavy atom. The molecule has 0 spiro atoms. The van der Waals surface area contributed by atoms with Crippen LogP contribution in [-0.4, -0.2) is 5.78 Å². The molecule has 0 aromatic heterocycles. The molecule has 0 amide bonds. The Morgan fingerprint density at radius 1 is 1.38 bits per heavy atom. The summed E-state index contributed by atoms with van der Waals surface area (Å²) in [6.07, 6.45) is -3.55. The molecule has 0 unspecified atom stereocenters. The van der Waals surface area contributed by atoms with Gasteiger partial charge in [-0.1, -0.05) is 22.9 Å². The average Bonchev–Trinajstić information content (AvgIpc) is 2.16. The van der Waals surface area contributed by atoms with Crippen molar-refractivity contribution in [3.8, 4) is 0 Å². The predicted molar refractivity (Wildman–Crippen MR) is 58.4 cm³/mol. The molecule has 0 bridgehead atoms. The molecule has 0 aliphatic rings. The van der Waals surface area contributed by atoms with Crippen molar-refractivity contribution in [3.05, 3.63) is 33.8 Å². The molecule has 16 heavy (non-hydrogen) atoms. The van der Waals surface area contributed by atoms with Gasteiger partial charge in [-0.25, -0.2) is 0 Å². The summed E-state index contributed by atoms with van der Waals surface area (Å²) in [7, 11) is 0. The van der Waals surface area contributed by atoms with E-state index in [-0.39, 0.29) is 17.8 Å². The van der Waals surface area contributed by atoms with Crippen molar-refractivity contribution in [2.75, 3.05) is 0 Å². The zero-order chi connectivity index (χ0) is 12.3. The van der Waals surface area contributed by atoms with Crippen LogP contribution in [0.15, 0.2) is 22.7 Å². The number of hydrogen-bond acceptors (Lipinski definition) is 1. The molecular formula is C11H10BrF3O. The predicted octanol–water partition coefficient (Wildman–Crippen LogP) is 4.45. The first-order valence-corrected chi connectivity index (χ1v) is 5.55. The summed E-state index contributed by atoms with van der Waals surface area (Å²) < 4.78 is 37.7. The fraction of sp³-hybridized carbons (Fsp3) is 0.364. The molecule has 1 rings (SSSR count). The zero-order valence-corrected chi connectivity index (χ0v) is 10.2. The van der Waals surface area contributed by atoms with E-state index in [1.165, 1.54) is 6.07 Å². The van der Waals surface area contributed by atoms with E-state index in [1.807, 2.05) is 0 Å². The number of benzene rings is 1. The maximum atomic E-state index is 12.4. The van der Waals surface area contributed by atoms with Crippen LogP contribution in [0.25, 0.3) is 0 Å². The van der Waals surface area contributed by atoms with Gasteiger partial charge in [0.05, 0.1) is 5.56 Å². The van der Waals surface area contributed by atoms with Crippen LogP contribution in [0.3, 0.4) is 0 Å². The van der Waals surface area contributed by atoms with Gasteiger partial charge in [-0.15, -0.1) is 0 Å². The molecule has 88 valence electrons. The van der Waals surface area contributed by atoms with Gasteiger partial charge >= 0.3 is 6.18 Å². The minimum atomic E-state index is -4.41. The second-order valence-electron chi connectivity index (χ2n) is 3.37. The third kappa shape index (κ3) is 3.07. The van der Waals surface area contributed by atoms with Gasteiger partial charge in [0.1, 0.15) is 0 Å². The molecule has 1 aromatic carbocycles. The van der Waals surface area contributed by atoms with Crippen LogP contribution in [0.1, 0.15) is 35.7 Å². The lowest BCUT2D eigenvalue weighted by Gasteiger charge is -2.09. The fourth-order valence-corrected chi connectivity index (χ4v) is 1.74. The van der Waals surface area contributed by atoms with Crippen LogP contribution < -0.4 is 0 Å². The number of rotatable bonds is 3. The van der Waals surface area contributed by atoms with E-state index in [4.69, 9.17) is 0 Å². The molecular weight excluding hydrogens is 285 g/mol. The first-order valence-electron chi connectivity index (χ1n) is 4.76. The van der Waals surface area contributed by atoms with Gasteiger partial charge in [0.25, 0.3) is 0 Å². The number of ketones is 1. The number of carbonyl (C=O) groups is 1. The molecule has 1 nitrogen and oxygen atoms in total. The number of halogens is 4. The minimum Gasteiger partial charge on any atom is -0.294 e. The molecule has 0 heterocycles. The molecule has 1 aromatic rings. The summed E-state index contributed by atoms with van der Waals surface area (Å²) in [5, 5.41) is 0. The van der Waals surface area contributed by atoms with Crippen molar-refractivity contribution < 1.29 is 18.0 Å². The standard InChI is InChI=1S/C11H10BrF3O/c1-2-3-10(16)8-6-7(11(13,14)15)4-5-9(8)12/h4-6H,2-3H2,1H3. The second kappa shape index (κ2) is 4.99. The van der Waals surface area contributed by atoms with Gasteiger partial charge < -0.3 is 0 Å². The zero-order valence-electron chi connectivity index (χ0n) is 8.57. The van der Waals surface area contributed by atoms with E-state index in [0.29, 0.717) is 10.9 Å². The second-order valence-corrected chi connectivity index (χ2v) is 4.22. The van der Waals surface area contributed by atoms with Gasteiger partial charge in [0.15, 0.2) is 5.78 Å². The van der Waals surface area contributed by atoms with Crippen LogP contribution in [0.5, 0.6) is 0 Å². The summed E-state index contributed by atoms with van der Waals surface area (Å²) in [6.45, 7) is 1.80.